The van der Waals surface area contributed by atoms with Gasteiger partial charge in [0.05, 0.1) is 4.92 Å². The van der Waals surface area contributed by atoms with Gasteiger partial charge < -0.3 is 10.5 Å². The molecule has 0 aliphatic carbocycles. The normalized spacial score (nSPS) is 10.1. The average molecular weight is 244 g/mol. The fourth-order valence-electron chi connectivity index (χ4n) is 1.56. The second kappa shape index (κ2) is 5.29. The van der Waals surface area contributed by atoms with Crippen LogP contribution in [0.1, 0.15) is 5.56 Å². The molecule has 0 amide bonds. The molecular weight excluding hydrogens is 232 g/mol. The summed E-state index contributed by atoms with van der Waals surface area (Å²) in [4.78, 5) is 10.4. The largest absolute Gasteiger partial charge is 0.450 e. The number of nitro groups is 1. The predicted molar refractivity (Wildman–Crippen MR) is 67.5 cm³/mol. The van der Waals surface area contributed by atoms with Crippen molar-refractivity contribution in [1.82, 2.24) is 0 Å². The molecule has 2 N–H and O–H groups in total. The highest BCUT2D eigenvalue weighted by molar-refractivity contribution is 5.48. The fourth-order valence-corrected chi connectivity index (χ4v) is 1.56. The molecule has 0 heterocycles. The third-order valence-electron chi connectivity index (χ3n) is 2.42. The third kappa shape index (κ3) is 2.64. The number of nitrogens with two attached hydrogens (primary N) is 1. The predicted octanol–water partition coefficient (Wildman–Crippen LogP) is 2.85. The molecule has 0 atom stereocenters. The van der Waals surface area contributed by atoms with Gasteiger partial charge in [0.25, 0.3) is 0 Å². The minimum atomic E-state index is -0.470. The monoisotopic (exact) mass is 244 g/mol. The van der Waals surface area contributed by atoms with Gasteiger partial charge in [-0.2, -0.15) is 0 Å². The van der Waals surface area contributed by atoms with Crippen molar-refractivity contribution in [3.63, 3.8) is 0 Å². The molecule has 0 saturated carbocycles. The molecule has 0 fully saturated rings. The second-order valence-electron chi connectivity index (χ2n) is 3.68. The Balaban J connectivity index is 2.31. The lowest BCUT2D eigenvalue weighted by Gasteiger charge is -2.07. The number of para-hydroxylation sites is 2. The van der Waals surface area contributed by atoms with E-state index in [0.29, 0.717) is 12.3 Å². The van der Waals surface area contributed by atoms with Gasteiger partial charge in [0.1, 0.15) is 5.75 Å². The van der Waals surface area contributed by atoms with Crippen molar-refractivity contribution >= 4 is 5.69 Å². The summed E-state index contributed by atoms with van der Waals surface area (Å²) in [5, 5.41) is 10.8. The molecule has 2 rings (SSSR count). The summed E-state index contributed by atoms with van der Waals surface area (Å²) >= 11 is 0. The molecule has 0 radical (unpaired) electrons. The lowest BCUT2D eigenvalue weighted by Crippen LogP contribution is -1.97. The van der Waals surface area contributed by atoms with E-state index >= 15 is 0 Å². The summed E-state index contributed by atoms with van der Waals surface area (Å²) < 4.78 is 5.52. The van der Waals surface area contributed by atoms with E-state index in [1.165, 1.54) is 6.07 Å². The molecule has 18 heavy (non-hydrogen) atoms. The van der Waals surface area contributed by atoms with Gasteiger partial charge in [-0.1, -0.05) is 24.3 Å². The van der Waals surface area contributed by atoms with Crippen LogP contribution in [0, 0.1) is 10.1 Å². The minimum Gasteiger partial charge on any atom is -0.450 e. The maximum Gasteiger partial charge on any atom is 0.311 e. The number of rotatable bonds is 4. The van der Waals surface area contributed by atoms with Crippen LogP contribution in [-0.2, 0) is 6.54 Å². The highest BCUT2D eigenvalue weighted by Gasteiger charge is 2.14. The smallest absolute Gasteiger partial charge is 0.311 e. The minimum absolute atomic E-state index is 0.0596. The molecular formula is C13H12N2O3. The van der Waals surface area contributed by atoms with Crippen molar-refractivity contribution in [1.29, 1.82) is 0 Å². The molecule has 0 aliphatic heterocycles. The third-order valence-corrected chi connectivity index (χ3v) is 2.42. The Kier molecular flexibility index (Phi) is 3.54. The van der Waals surface area contributed by atoms with Gasteiger partial charge in [-0.3, -0.25) is 10.1 Å². The molecule has 5 heteroatoms. The first-order valence-corrected chi connectivity index (χ1v) is 5.41. The van der Waals surface area contributed by atoms with Crippen LogP contribution in [0.25, 0.3) is 0 Å². The van der Waals surface area contributed by atoms with Crippen molar-refractivity contribution in [3.05, 3.63) is 64.2 Å². The number of nitro benzene ring substituents is 1. The number of nitrogens with zero attached hydrogens (tertiary/aromatic N) is 1. The van der Waals surface area contributed by atoms with Gasteiger partial charge in [-0.15, -0.1) is 0 Å². The number of hydrogen-bond acceptors (Lipinski definition) is 4. The molecule has 0 aliphatic rings. The Morgan fingerprint density at radius 2 is 1.94 bits per heavy atom. The molecule has 2 aromatic carbocycles. The van der Waals surface area contributed by atoms with E-state index in [1.807, 2.05) is 6.07 Å². The molecule has 0 aromatic heterocycles. The van der Waals surface area contributed by atoms with E-state index < -0.39 is 4.92 Å². The molecule has 0 bridgehead atoms. The van der Waals surface area contributed by atoms with E-state index in [0.717, 1.165) is 5.56 Å². The Hall–Kier alpha value is -2.40. The maximum absolute atomic E-state index is 10.8. The number of benzene rings is 2. The van der Waals surface area contributed by atoms with Crippen molar-refractivity contribution in [2.45, 2.75) is 6.54 Å². The Labute approximate surface area is 104 Å². The Bertz CT molecular complexity index is 570. The van der Waals surface area contributed by atoms with Gasteiger partial charge in [0.2, 0.25) is 5.75 Å². The first kappa shape index (κ1) is 12.1. The first-order chi connectivity index (χ1) is 8.70. The zero-order valence-electron chi connectivity index (χ0n) is 9.58. The maximum atomic E-state index is 10.8. The van der Waals surface area contributed by atoms with Crippen molar-refractivity contribution < 1.29 is 9.66 Å². The molecule has 92 valence electrons. The van der Waals surface area contributed by atoms with Crippen LogP contribution in [-0.4, -0.2) is 4.92 Å². The van der Waals surface area contributed by atoms with Crippen molar-refractivity contribution in [2.24, 2.45) is 5.73 Å². The van der Waals surface area contributed by atoms with Gasteiger partial charge in [-0.05, 0) is 23.8 Å². The van der Waals surface area contributed by atoms with Crippen molar-refractivity contribution in [2.75, 3.05) is 0 Å². The number of hydrogen-bond donors (Lipinski definition) is 1. The van der Waals surface area contributed by atoms with Gasteiger partial charge in [-0.25, -0.2) is 0 Å². The standard InChI is InChI=1S/C13H12N2O3/c14-9-10-4-3-5-11(8-10)18-13-7-2-1-6-12(13)15(16)17/h1-8H,9,14H2. The topological polar surface area (TPSA) is 78.4 Å². The van der Waals surface area contributed by atoms with Gasteiger partial charge >= 0.3 is 5.69 Å². The van der Waals surface area contributed by atoms with Gasteiger partial charge in [0.15, 0.2) is 0 Å². The van der Waals surface area contributed by atoms with E-state index in [1.54, 1.807) is 36.4 Å². The summed E-state index contributed by atoms with van der Waals surface area (Å²) in [5.74, 6) is 0.754. The van der Waals surface area contributed by atoms with Crippen molar-refractivity contribution in [3.8, 4) is 11.5 Å². The SMILES string of the molecule is NCc1cccc(Oc2ccccc2[N+](=O)[O-])c1. The van der Waals surface area contributed by atoms with E-state index in [2.05, 4.69) is 0 Å². The van der Waals surface area contributed by atoms with Crippen LogP contribution in [0.2, 0.25) is 0 Å². The lowest BCUT2D eigenvalue weighted by molar-refractivity contribution is -0.385. The zero-order valence-corrected chi connectivity index (χ0v) is 9.58. The van der Waals surface area contributed by atoms with Crippen LogP contribution >= 0.6 is 0 Å². The average Bonchev–Trinajstić information content (AvgIpc) is 2.39. The van der Waals surface area contributed by atoms with Crippen LogP contribution in [0.3, 0.4) is 0 Å². The molecule has 0 unspecified atom stereocenters. The van der Waals surface area contributed by atoms with Gasteiger partial charge in [0, 0.05) is 12.6 Å². The van der Waals surface area contributed by atoms with Crippen LogP contribution < -0.4 is 10.5 Å². The summed E-state index contributed by atoms with van der Waals surface area (Å²) in [6.07, 6.45) is 0. The Morgan fingerprint density at radius 1 is 1.17 bits per heavy atom. The molecule has 0 spiro atoms. The zero-order chi connectivity index (χ0) is 13.0. The Morgan fingerprint density at radius 3 is 2.67 bits per heavy atom. The molecule has 0 saturated heterocycles. The first-order valence-electron chi connectivity index (χ1n) is 5.41. The van der Waals surface area contributed by atoms with Crippen LogP contribution in [0.15, 0.2) is 48.5 Å². The molecule has 5 nitrogen and oxygen atoms in total. The highest BCUT2D eigenvalue weighted by atomic mass is 16.6. The van der Waals surface area contributed by atoms with E-state index in [9.17, 15) is 10.1 Å². The fraction of sp³-hybridized carbons (Fsp3) is 0.0769. The second-order valence-corrected chi connectivity index (χ2v) is 3.68. The van der Waals surface area contributed by atoms with Crippen LogP contribution in [0.5, 0.6) is 11.5 Å². The summed E-state index contributed by atoms with van der Waals surface area (Å²) in [6, 6.07) is 13.4. The highest BCUT2D eigenvalue weighted by Crippen LogP contribution is 2.30. The van der Waals surface area contributed by atoms with E-state index in [-0.39, 0.29) is 11.4 Å². The quantitative estimate of drug-likeness (QED) is 0.662. The molecule has 2 aromatic rings. The number of ether oxygens (including phenoxy) is 1. The van der Waals surface area contributed by atoms with Crippen LogP contribution in [0.4, 0.5) is 5.69 Å². The van der Waals surface area contributed by atoms with E-state index in [4.69, 9.17) is 10.5 Å². The lowest BCUT2D eigenvalue weighted by atomic mass is 10.2. The summed E-state index contributed by atoms with van der Waals surface area (Å²) in [6.45, 7) is 0.397. The summed E-state index contributed by atoms with van der Waals surface area (Å²) in [7, 11) is 0. The summed E-state index contributed by atoms with van der Waals surface area (Å²) in [5.41, 5.74) is 6.38.